The molecule has 23 heavy (non-hydrogen) atoms. The van der Waals surface area contributed by atoms with Gasteiger partial charge in [0.05, 0.1) is 18.0 Å². The van der Waals surface area contributed by atoms with E-state index >= 15 is 0 Å². The molecular weight excluding hydrogens is 330 g/mol. The van der Waals surface area contributed by atoms with Gasteiger partial charge in [-0.05, 0) is 25.3 Å². The minimum absolute atomic E-state index is 0.0514. The first-order chi connectivity index (χ1) is 11.1. The number of nitrogens with zero attached hydrogens (tertiary/aromatic N) is 1. The zero-order chi connectivity index (χ0) is 16.4. The summed E-state index contributed by atoms with van der Waals surface area (Å²) in [5.74, 6) is 0.657. The monoisotopic (exact) mass is 349 g/mol. The van der Waals surface area contributed by atoms with Crippen molar-refractivity contribution in [3.05, 3.63) is 39.1 Å². The van der Waals surface area contributed by atoms with Crippen molar-refractivity contribution in [2.75, 3.05) is 13.7 Å². The summed E-state index contributed by atoms with van der Waals surface area (Å²) >= 11 is 3.14. The topological polar surface area (TPSA) is 67.0 Å². The molecule has 0 bridgehead atoms. The third-order valence-corrected chi connectivity index (χ3v) is 5.39. The van der Waals surface area contributed by atoms with E-state index in [-0.39, 0.29) is 17.6 Å². The Morgan fingerprint density at radius 2 is 2.22 bits per heavy atom. The third-order valence-electron chi connectivity index (χ3n) is 3.61. The number of nitrogens with one attached hydrogen (secondary N) is 2. The molecule has 122 valence electrons. The van der Waals surface area contributed by atoms with Crippen LogP contribution in [0.15, 0.2) is 27.7 Å². The summed E-state index contributed by atoms with van der Waals surface area (Å²) in [5.41, 5.74) is 0.886. The van der Waals surface area contributed by atoms with Gasteiger partial charge in [-0.1, -0.05) is 6.07 Å². The fourth-order valence-corrected chi connectivity index (χ4v) is 4.36. The van der Waals surface area contributed by atoms with E-state index in [4.69, 9.17) is 4.74 Å². The van der Waals surface area contributed by atoms with Crippen molar-refractivity contribution in [2.45, 2.75) is 25.9 Å². The number of methoxy groups -OCH3 is 1. The second-order valence-corrected chi connectivity index (χ2v) is 7.31. The van der Waals surface area contributed by atoms with E-state index in [9.17, 15) is 4.79 Å². The molecule has 0 aromatic carbocycles. The summed E-state index contributed by atoms with van der Waals surface area (Å²) in [4.78, 5) is 22.0. The maximum absolute atomic E-state index is 12.6. The second kappa shape index (κ2) is 6.92. The van der Waals surface area contributed by atoms with Gasteiger partial charge >= 0.3 is 0 Å². The van der Waals surface area contributed by atoms with E-state index in [2.05, 4.69) is 15.3 Å². The maximum atomic E-state index is 12.6. The molecule has 0 aliphatic carbocycles. The first-order valence-corrected chi connectivity index (χ1v) is 9.16. The van der Waals surface area contributed by atoms with Gasteiger partial charge in [-0.25, -0.2) is 4.98 Å². The Bertz CT molecular complexity index is 839. The number of thiophene rings is 2. The van der Waals surface area contributed by atoms with E-state index in [0.29, 0.717) is 17.8 Å². The van der Waals surface area contributed by atoms with E-state index < -0.39 is 0 Å². The lowest BCUT2D eigenvalue weighted by Crippen LogP contribution is -2.34. The van der Waals surface area contributed by atoms with Crippen LogP contribution in [0.5, 0.6) is 0 Å². The fourth-order valence-electron chi connectivity index (χ4n) is 2.59. The summed E-state index contributed by atoms with van der Waals surface area (Å²) in [6.45, 7) is 4.64. The molecule has 3 heterocycles. The predicted molar refractivity (Wildman–Crippen MR) is 96.4 cm³/mol. The van der Waals surface area contributed by atoms with Crippen LogP contribution in [0.1, 0.15) is 25.7 Å². The Kier molecular flexibility index (Phi) is 4.91. The van der Waals surface area contributed by atoms with E-state index in [1.165, 1.54) is 11.3 Å². The van der Waals surface area contributed by atoms with Gasteiger partial charge in [0.2, 0.25) is 0 Å². The molecular formula is C16H19N3O2S2. The average Bonchev–Trinajstić information content (AvgIpc) is 3.15. The number of rotatable bonds is 6. The summed E-state index contributed by atoms with van der Waals surface area (Å²) in [5, 5.41) is 8.07. The Morgan fingerprint density at radius 3 is 2.91 bits per heavy atom. The van der Waals surface area contributed by atoms with Crippen LogP contribution in [-0.2, 0) is 4.74 Å². The van der Waals surface area contributed by atoms with E-state index in [1.807, 2.05) is 36.7 Å². The first kappa shape index (κ1) is 16.3. The third kappa shape index (κ3) is 3.37. The van der Waals surface area contributed by atoms with Gasteiger partial charge in [-0.2, -0.15) is 0 Å². The molecule has 3 aromatic heterocycles. The molecule has 5 nitrogen and oxygen atoms in total. The Morgan fingerprint density at radius 1 is 1.39 bits per heavy atom. The van der Waals surface area contributed by atoms with Gasteiger partial charge < -0.3 is 15.0 Å². The summed E-state index contributed by atoms with van der Waals surface area (Å²) < 4.78 is 5.13. The molecule has 0 fully saturated rings. The Labute approximate surface area is 142 Å². The van der Waals surface area contributed by atoms with Crippen LogP contribution in [0.2, 0.25) is 0 Å². The number of hydrogen-bond acceptors (Lipinski definition) is 6. The molecule has 2 atom stereocenters. The zero-order valence-corrected chi connectivity index (χ0v) is 14.9. The molecule has 3 rings (SSSR count). The quantitative estimate of drug-likeness (QED) is 0.716. The minimum atomic E-state index is -0.0808. The minimum Gasteiger partial charge on any atom is -0.383 e. The second-order valence-electron chi connectivity index (χ2n) is 5.50. The molecule has 0 saturated heterocycles. The molecule has 0 saturated carbocycles. The van der Waals surface area contributed by atoms with Crippen LogP contribution in [0.3, 0.4) is 0 Å². The number of fused-ring (bicyclic) bond motifs is 1. The highest BCUT2D eigenvalue weighted by Crippen LogP contribution is 2.33. The van der Waals surface area contributed by atoms with Crippen molar-refractivity contribution >= 4 is 32.9 Å². The molecule has 2 N–H and O–H groups in total. The van der Waals surface area contributed by atoms with E-state index in [1.54, 1.807) is 18.4 Å². The largest absolute Gasteiger partial charge is 0.383 e. The first-order valence-electron chi connectivity index (χ1n) is 7.40. The standard InChI is InChI=1S/C16H19N3O2S2/c1-9(7-21-3)17-10(2)14-18-15(20)13-11(8-23-16(13)19-14)12-5-4-6-22-12/h4-6,8-10,17H,7H2,1-3H3,(H,18,19,20)/t9-,10+/m1/s1. The molecule has 0 aliphatic heterocycles. The van der Waals surface area contributed by atoms with Gasteiger partial charge in [0.1, 0.15) is 10.7 Å². The Balaban J connectivity index is 1.95. The molecule has 0 spiro atoms. The van der Waals surface area contributed by atoms with E-state index in [0.717, 1.165) is 15.3 Å². The molecule has 7 heteroatoms. The zero-order valence-electron chi connectivity index (χ0n) is 13.3. The SMILES string of the molecule is COC[C@@H](C)N[C@@H](C)c1nc2scc(-c3cccs3)c2c(=O)[nH]1. The predicted octanol–water partition coefficient (Wildman–Crippen LogP) is 3.40. The van der Waals surface area contributed by atoms with Gasteiger partial charge in [-0.3, -0.25) is 4.79 Å². The van der Waals surface area contributed by atoms with Crippen LogP contribution in [0.25, 0.3) is 20.7 Å². The van der Waals surface area contributed by atoms with Crippen molar-refractivity contribution in [1.82, 2.24) is 15.3 Å². The smallest absolute Gasteiger partial charge is 0.260 e. The van der Waals surface area contributed by atoms with Crippen molar-refractivity contribution in [3.8, 4) is 10.4 Å². The summed E-state index contributed by atoms with van der Waals surface area (Å²) in [6, 6.07) is 4.14. The Hall–Kier alpha value is -1.54. The highest BCUT2D eigenvalue weighted by atomic mass is 32.1. The van der Waals surface area contributed by atoms with Gasteiger partial charge in [0, 0.05) is 29.0 Å². The molecule has 0 unspecified atom stereocenters. The highest BCUT2D eigenvalue weighted by molar-refractivity contribution is 7.18. The summed E-state index contributed by atoms with van der Waals surface area (Å²) in [7, 11) is 1.67. The van der Waals surface area contributed by atoms with Gasteiger partial charge in [-0.15, -0.1) is 22.7 Å². The van der Waals surface area contributed by atoms with Crippen molar-refractivity contribution in [2.24, 2.45) is 0 Å². The molecule has 0 radical (unpaired) electrons. The lowest BCUT2D eigenvalue weighted by atomic mass is 10.2. The van der Waals surface area contributed by atoms with Crippen molar-refractivity contribution < 1.29 is 4.74 Å². The number of aromatic amines is 1. The molecule has 0 amide bonds. The van der Waals surface area contributed by atoms with Gasteiger partial charge in [0.15, 0.2) is 0 Å². The van der Waals surface area contributed by atoms with Crippen molar-refractivity contribution in [3.63, 3.8) is 0 Å². The fraction of sp³-hybridized carbons (Fsp3) is 0.375. The number of hydrogen-bond donors (Lipinski definition) is 2. The number of H-pyrrole nitrogens is 1. The molecule has 3 aromatic rings. The lowest BCUT2D eigenvalue weighted by molar-refractivity contribution is 0.167. The van der Waals surface area contributed by atoms with Crippen LogP contribution in [0, 0.1) is 0 Å². The average molecular weight is 349 g/mol. The molecule has 0 aliphatic rings. The van der Waals surface area contributed by atoms with Crippen LogP contribution >= 0.6 is 22.7 Å². The maximum Gasteiger partial charge on any atom is 0.260 e. The lowest BCUT2D eigenvalue weighted by Gasteiger charge is -2.18. The number of ether oxygens (including phenoxy) is 1. The number of aromatic nitrogens is 2. The van der Waals surface area contributed by atoms with Crippen LogP contribution < -0.4 is 10.9 Å². The normalized spacial score (nSPS) is 14.2. The van der Waals surface area contributed by atoms with Crippen LogP contribution in [-0.4, -0.2) is 29.7 Å². The van der Waals surface area contributed by atoms with Crippen LogP contribution in [0.4, 0.5) is 0 Å². The van der Waals surface area contributed by atoms with Crippen molar-refractivity contribution in [1.29, 1.82) is 0 Å². The highest BCUT2D eigenvalue weighted by Gasteiger charge is 2.17. The van der Waals surface area contributed by atoms with Gasteiger partial charge in [0.25, 0.3) is 5.56 Å². The summed E-state index contributed by atoms with van der Waals surface area (Å²) in [6.07, 6.45) is 0.